The first-order valence-corrected chi connectivity index (χ1v) is 4.63. The number of benzene rings is 1. The summed E-state index contributed by atoms with van der Waals surface area (Å²) in [7, 11) is 0. The standard InChI is InChI=1S/C10H10BrNO/c1-3-10(13)12-9-6-4-5-8(11)7(9)2/h3-6H,1H2,2H3,(H,12,13). The maximum absolute atomic E-state index is 11.0. The molecule has 1 rings (SSSR count). The third kappa shape index (κ3) is 2.42. The summed E-state index contributed by atoms with van der Waals surface area (Å²) in [6, 6.07) is 5.65. The topological polar surface area (TPSA) is 29.1 Å². The molecule has 0 saturated carbocycles. The molecular formula is C10H10BrNO. The van der Waals surface area contributed by atoms with Gasteiger partial charge in [-0.25, -0.2) is 0 Å². The van der Waals surface area contributed by atoms with Crippen LogP contribution in [0.4, 0.5) is 5.69 Å². The fourth-order valence-corrected chi connectivity index (χ4v) is 1.29. The van der Waals surface area contributed by atoms with Gasteiger partial charge in [-0.2, -0.15) is 0 Å². The van der Waals surface area contributed by atoms with E-state index in [2.05, 4.69) is 27.8 Å². The molecule has 0 unspecified atom stereocenters. The lowest BCUT2D eigenvalue weighted by Gasteiger charge is -2.07. The summed E-state index contributed by atoms with van der Waals surface area (Å²) in [5, 5.41) is 2.71. The molecule has 1 N–H and O–H groups in total. The van der Waals surface area contributed by atoms with E-state index in [-0.39, 0.29) is 5.91 Å². The molecule has 0 atom stereocenters. The van der Waals surface area contributed by atoms with Gasteiger partial charge in [-0.1, -0.05) is 28.6 Å². The van der Waals surface area contributed by atoms with Crippen LogP contribution in [0, 0.1) is 6.92 Å². The Bertz CT molecular complexity index is 347. The van der Waals surface area contributed by atoms with Crippen molar-refractivity contribution >= 4 is 27.5 Å². The highest BCUT2D eigenvalue weighted by atomic mass is 79.9. The highest BCUT2D eigenvalue weighted by Crippen LogP contribution is 2.23. The lowest BCUT2D eigenvalue weighted by atomic mass is 10.2. The van der Waals surface area contributed by atoms with E-state index >= 15 is 0 Å². The minimum absolute atomic E-state index is 0.193. The Morgan fingerprint density at radius 3 is 2.92 bits per heavy atom. The van der Waals surface area contributed by atoms with Gasteiger partial charge in [0.25, 0.3) is 0 Å². The van der Waals surface area contributed by atoms with Crippen molar-refractivity contribution in [1.82, 2.24) is 0 Å². The number of halogens is 1. The smallest absolute Gasteiger partial charge is 0.247 e. The quantitative estimate of drug-likeness (QED) is 0.791. The molecule has 1 amide bonds. The monoisotopic (exact) mass is 239 g/mol. The number of carbonyl (C=O) groups is 1. The van der Waals surface area contributed by atoms with Crippen molar-refractivity contribution in [3.05, 3.63) is 40.9 Å². The van der Waals surface area contributed by atoms with Crippen molar-refractivity contribution < 1.29 is 4.79 Å². The molecule has 68 valence electrons. The summed E-state index contributed by atoms with van der Waals surface area (Å²) in [5.74, 6) is -0.193. The summed E-state index contributed by atoms with van der Waals surface area (Å²) in [5.41, 5.74) is 1.82. The van der Waals surface area contributed by atoms with Gasteiger partial charge >= 0.3 is 0 Å². The number of hydrogen-bond donors (Lipinski definition) is 1. The van der Waals surface area contributed by atoms with Gasteiger partial charge in [0.1, 0.15) is 0 Å². The SMILES string of the molecule is C=CC(=O)Nc1cccc(Br)c1C. The molecule has 0 bridgehead atoms. The molecule has 0 heterocycles. The van der Waals surface area contributed by atoms with Crippen LogP contribution in [0.1, 0.15) is 5.56 Å². The third-order valence-corrected chi connectivity index (χ3v) is 2.57. The van der Waals surface area contributed by atoms with E-state index in [1.165, 1.54) is 6.08 Å². The minimum atomic E-state index is -0.193. The van der Waals surface area contributed by atoms with Crippen LogP contribution in [-0.2, 0) is 4.79 Å². The van der Waals surface area contributed by atoms with Crippen molar-refractivity contribution in [1.29, 1.82) is 0 Å². The van der Waals surface area contributed by atoms with Gasteiger partial charge in [0.15, 0.2) is 0 Å². The molecule has 0 aliphatic carbocycles. The number of nitrogens with one attached hydrogen (secondary N) is 1. The molecule has 0 aliphatic heterocycles. The molecule has 1 aromatic carbocycles. The number of anilines is 1. The van der Waals surface area contributed by atoms with Crippen LogP contribution >= 0.6 is 15.9 Å². The summed E-state index contributed by atoms with van der Waals surface area (Å²) in [4.78, 5) is 11.0. The Kier molecular flexibility index (Phi) is 3.25. The number of rotatable bonds is 2. The summed E-state index contributed by atoms with van der Waals surface area (Å²) in [6.07, 6.45) is 1.25. The van der Waals surface area contributed by atoms with Gasteiger partial charge < -0.3 is 5.32 Å². The van der Waals surface area contributed by atoms with Crippen molar-refractivity contribution in [2.75, 3.05) is 5.32 Å². The lowest BCUT2D eigenvalue weighted by Crippen LogP contribution is -2.08. The van der Waals surface area contributed by atoms with E-state index in [1.807, 2.05) is 25.1 Å². The fraction of sp³-hybridized carbons (Fsp3) is 0.100. The molecule has 0 fully saturated rings. The van der Waals surface area contributed by atoms with Crippen molar-refractivity contribution in [2.45, 2.75) is 6.92 Å². The number of hydrogen-bond acceptors (Lipinski definition) is 1. The summed E-state index contributed by atoms with van der Waals surface area (Å²) >= 11 is 3.38. The van der Waals surface area contributed by atoms with Gasteiger partial charge in [-0.05, 0) is 30.7 Å². The lowest BCUT2D eigenvalue weighted by molar-refractivity contribution is -0.111. The van der Waals surface area contributed by atoms with Crippen LogP contribution in [0.5, 0.6) is 0 Å². The molecule has 0 radical (unpaired) electrons. The molecule has 2 nitrogen and oxygen atoms in total. The third-order valence-electron chi connectivity index (χ3n) is 1.71. The molecule has 3 heteroatoms. The highest BCUT2D eigenvalue weighted by Gasteiger charge is 2.02. The molecule has 0 saturated heterocycles. The molecule has 13 heavy (non-hydrogen) atoms. The van der Waals surface area contributed by atoms with Crippen LogP contribution in [0.25, 0.3) is 0 Å². The van der Waals surface area contributed by atoms with Gasteiger partial charge in [-0.15, -0.1) is 0 Å². The Morgan fingerprint density at radius 2 is 2.31 bits per heavy atom. The molecular weight excluding hydrogens is 230 g/mol. The second kappa shape index (κ2) is 4.23. The summed E-state index contributed by atoms with van der Waals surface area (Å²) < 4.78 is 0.981. The van der Waals surface area contributed by atoms with Crippen LogP contribution in [0.2, 0.25) is 0 Å². The first-order chi connectivity index (χ1) is 6.15. The largest absolute Gasteiger partial charge is 0.322 e. The zero-order chi connectivity index (χ0) is 9.84. The molecule has 0 aromatic heterocycles. The maximum Gasteiger partial charge on any atom is 0.247 e. The maximum atomic E-state index is 11.0. The van der Waals surface area contributed by atoms with E-state index < -0.39 is 0 Å². The van der Waals surface area contributed by atoms with Gasteiger partial charge in [-0.3, -0.25) is 4.79 Å². The number of amides is 1. The predicted molar refractivity (Wildman–Crippen MR) is 57.7 cm³/mol. The normalized spacial score (nSPS) is 9.38. The first-order valence-electron chi connectivity index (χ1n) is 3.83. The van der Waals surface area contributed by atoms with Gasteiger partial charge in [0, 0.05) is 10.2 Å². The minimum Gasteiger partial charge on any atom is -0.322 e. The zero-order valence-electron chi connectivity index (χ0n) is 7.30. The Hall–Kier alpha value is -1.09. The number of carbonyl (C=O) groups excluding carboxylic acids is 1. The molecule has 0 aliphatic rings. The van der Waals surface area contributed by atoms with E-state index in [0.29, 0.717) is 0 Å². The van der Waals surface area contributed by atoms with E-state index in [4.69, 9.17) is 0 Å². The van der Waals surface area contributed by atoms with Crippen LogP contribution in [0.3, 0.4) is 0 Å². The van der Waals surface area contributed by atoms with E-state index in [9.17, 15) is 4.79 Å². The average Bonchev–Trinajstić information content (AvgIpc) is 2.13. The van der Waals surface area contributed by atoms with Crippen molar-refractivity contribution in [3.63, 3.8) is 0 Å². The van der Waals surface area contributed by atoms with Crippen molar-refractivity contribution in [3.8, 4) is 0 Å². The van der Waals surface area contributed by atoms with Gasteiger partial charge in [0.05, 0.1) is 0 Å². The second-order valence-electron chi connectivity index (χ2n) is 2.61. The Balaban J connectivity index is 2.95. The molecule has 1 aromatic rings. The Morgan fingerprint density at radius 1 is 1.62 bits per heavy atom. The van der Waals surface area contributed by atoms with Crippen LogP contribution in [-0.4, -0.2) is 5.91 Å². The summed E-state index contributed by atoms with van der Waals surface area (Å²) in [6.45, 7) is 5.32. The first kappa shape index (κ1) is 9.99. The van der Waals surface area contributed by atoms with E-state index in [1.54, 1.807) is 0 Å². The van der Waals surface area contributed by atoms with E-state index in [0.717, 1.165) is 15.7 Å². The van der Waals surface area contributed by atoms with Crippen LogP contribution < -0.4 is 5.32 Å². The average molecular weight is 240 g/mol. The fourth-order valence-electron chi connectivity index (χ4n) is 0.927. The zero-order valence-corrected chi connectivity index (χ0v) is 8.89. The Labute approximate surface area is 85.8 Å². The highest BCUT2D eigenvalue weighted by molar-refractivity contribution is 9.10. The second-order valence-corrected chi connectivity index (χ2v) is 3.46. The van der Waals surface area contributed by atoms with Gasteiger partial charge in [0.2, 0.25) is 5.91 Å². The molecule has 0 spiro atoms. The predicted octanol–water partition coefficient (Wildman–Crippen LogP) is 2.88. The van der Waals surface area contributed by atoms with Crippen LogP contribution in [0.15, 0.2) is 35.3 Å². The van der Waals surface area contributed by atoms with Crippen molar-refractivity contribution in [2.24, 2.45) is 0 Å².